The zero-order chi connectivity index (χ0) is 13.9. The van der Waals surface area contributed by atoms with Crippen LogP contribution in [0.15, 0.2) is 13.6 Å². The first-order chi connectivity index (χ1) is 8.31. The summed E-state index contributed by atoms with van der Waals surface area (Å²) >= 11 is 7.60. The van der Waals surface area contributed by atoms with Gasteiger partial charge in [0.1, 0.15) is 6.04 Å². The summed E-state index contributed by atoms with van der Waals surface area (Å²) < 4.78 is 1.23. The van der Waals surface area contributed by atoms with Crippen LogP contribution in [0.2, 0.25) is 0 Å². The number of rotatable bonds is 5. The van der Waals surface area contributed by atoms with Crippen molar-refractivity contribution < 1.29 is 24.6 Å². The van der Waals surface area contributed by atoms with Gasteiger partial charge in [0.2, 0.25) is 0 Å². The van der Waals surface area contributed by atoms with Gasteiger partial charge in [-0.15, -0.1) is 11.3 Å². The van der Waals surface area contributed by atoms with Gasteiger partial charge in [0.25, 0.3) is 5.91 Å². The minimum absolute atomic E-state index is 0.253. The van der Waals surface area contributed by atoms with Crippen molar-refractivity contribution in [1.29, 1.82) is 0 Å². The van der Waals surface area contributed by atoms with E-state index < -0.39 is 30.3 Å². The first kappa shape index (κ1) is 15.1. The molecule has 1 aromatic heterocycles. The molecule has 0 saturated carbocycles. The van der Waals surface area contributed by atoms with Gasteiger partial charge in [-0.2, -0.15) is 0 Å². The summed E-state index contributed by atoms with van der Waals surface area (Å²) in [6.45, 7) is 0. The van der Waals surface area contributed by atoms with Crippen LogP contribution in [-0.2, 0) is 9.59 Å². The van der Waals surface area contributed by atoms with Gasteiger partial charge in [-0.3, -0.25) is 9.59 Å². The minimum atomic E-state index is -1.46. The topological polar surface area (TPSA) is 104 Å². The second-order valence-corrected chi connectivity index (χ2v) is 6.95. The number of carboxylic acids is 2. The summed E-state index contributed by atoms with van der Waals surface area (Å²) in [4.78, 5) is 33.0. The van der Waals surface area contributed by atoms with Crippen molar-refractivity contribution in [3.63, 3.8) is 0 Å². The Morgan fingerprint density at radius 3 is 2.33 bits per heavy atom. The Morgan fingerprint density at radius 1 is 1.33 bits per heavy atom. The molecule has 9 heteroatoms. The van der Waals surface area contributed by atoms with Crippen LogP contribution in [0.25, 0.3) is 0 Å². The Kier molecular flexibility index (Phi) is 5.29. The molecule has 1 rings (SSSR count). The molecule has 0 unspecified atom stereocenters. The van der Waals surface area contributed by atoms with Crippen molar-refractivity contribution in [3.8, 4) is 0 Å². The molecule has 0 aliphatic carbocycles. The van der Waals surface area contributed by atoms with E-state index in [1.165, 1.54) is 17.4 Å². The zero-order valence-corrected chi connectivity index (χ0v) is 12.6. The molecule has 0 saturated heterocycles. The highest BCUT2D eigenvalue weighted by Gasteiger charge is 2.25. The third-order valence-corrected chi connectivity index (χ3v) is 4.22. The predicted molar refractivity (Wildman–Crippen MR) is 70.9 cm³/mol. The minimum Gasteiger partial charge on any atom is -0.481 e. The summed E-state index contributed by atoms with van der Waals surface area (Å²) in [5.41, 5.74) is 0.253. The number of aliphatic carboxylic acids is 2. The van der Waals surface area contributed by atoms with Gasteiger partial charge in [0.15, 0.2) is 0 Å². The summed E-state index contributed by atoms with van der Waals surface area (Å²) in [7, 11) is 0. The summed E-state index contributed by atoms with van der Waals surface area (Å²) in [5.74, 6) is -3.33. The van der Waals surface area contributed by atoms with E-state index in [9.17, 15) is 14.4 Å². The third kappa shape index (κ3) is 4.07. The van der Waals surface area contributed by atoms with E-state index in [0.29, 0.717) is 7.57 Å². The molecular weight excluding hydrogens is 394 g/mol. The van der Waals surface area contributed by atoms with Crippen molar-refractivity contribution in [1.82, 2.24) is 5.32 Å². The van der Waals surface area contributed by atoms with Crippen LogP contribution in [0.5, 0.6) is 0 Å². The van der Waals surface area contributed by atoms with Crippen molar-refractivity contribution in [2.24, 2.45) is 0 Å². The number of nitrogens with one attached hydrogen (secondary N) is 1. The fourth-order valence-electron chi connectivity index (χ4n) is 1.11. The van der Waals surface area contributed by atoms with E-state index in [1.807, 2.05) is 0 Å². The van der Waals surface area contributed by atoms with E-state index in [1.54, 1.807) is 0 Å². The lowest BCUT2D eigenvalue weighted by Crippen LogP contribution is -2.42. The Morgan fingerprint density at radius 2 is 1.94 bits per heavy atom. The van der Waals surface area contributed by atoms with E-state index >= 15 is 0 Å². The molecule has 0 bridgehead atoms. The molecular formula is C9H7Br2NO5S. The van der Waals surface area contributed by atoms with Crippen LogP contribution in [-0.4, -0.2) is 34.1 Å². The highest BCUT2D eigenvalue weighted by atomic mass is 79.9. The summed E-state index contributed by atoms with van der Waals surface area (Å²) in [6.07, 6.45) is -0.677. The largest absolute Gasteiger partial charge is 0.481 e. The third-order valence-electron chi connectivity index (χ3n) is 1.88. The Balaban J connectivity index is 2.81. The van der Waals surface area contributed by atoms with Gasteiger partial charge in [-0.25, -0.2) is 4.79 Å². The lowest BCUT2D eigenvalue weighted by Gasteiger charge is -2.11. The Bertz CT molecular complexity index is 501. The first-order valence-corrected chi connectivity index (χ1v) is 6.91. The molecule has 1 amide bonds. The molecule has 1 aromatic rings. The second-order valence-electron chi connectivity index (χ2n) is 3.20. The van der Waals surface area contributed by atoms with Crippen molar-refractivity contribution in [2.75, 3.05) is 0 Å². The van der Waals surface area contributed by atoms with Gasteiger partial charge in [0, 0.05) is 0 Å². The number of carbonyl (C=O) groups is 3. The Labute approximate surface area is 122 Å². The second kappa shape index (κ2) is 6.30. The van der Waals surface area contributed by atoms with Gasteiger partial charge in [-0.05, 0) is 37.9 Å². The van der Waals surface area contributed by atoms with Crippen LogP contribution in [0, 0.1) is 0 Å². The molecule has 0 aliphatic rings. The molecule has 0 aromatic carbocycles. The fraction of sp³-hybridized carbons (Fsp3) is 0.222. The number of carboxylic acid groups (broad SMARTS) is 2. The van der Waals surface area contributed by atoms with E-state index in [0.717, 1.165) is 0 Å². The molecule has 0 aliphatic heterocycles. The maximum absolute atomic E-state index is 11.8. The molecule has 98 valence electrons. The van der Waals surface area contributed by atoms with Crippen molar-refractivity contribution in [3.05, 3.63) is 19.2 Å². The van der Waals surface area contributed by atoms with E-state index in [2.05, 4.69) is 37.2 Å². The number of hydrogen-bond donors (Lipinski definition) is 3. The first-order valence-electron chi connectivity index (χ1n) is 4.51. The number of hydrogen-bond acceptors (Lipinski definition) is 4. The molecule has 0 radical (unpaired) electrons. The molecule has 3 N–H and O–H groups in total. The average Bonchev–Trinajstić information content (AvgIpc) is 2.56. The monoisotopic (exact) mass is 399 g/mol. The summed E-state index contributed by atoms with van der Waals surface area (Å²) in [6, 6.07) is 0.0598. The lowest BCUT2D eigenvalue weighted by molar-refractivity contribution is -0.145. The quantitative estimate of drug-likeness (QED) is 0.700. The Hall–Kier alpha value is -0.930. The molecule has 0 fully saturated rings. The highest BCUT2D eigenvalue weighted by Crippen LogP contribution is 2.31. The highest BCUT2D eigenvalue weighted by molar-refractivity contribution is 9.12. The molecule has 1 atom stereocenters. The van der Waals surface area contributed by atoms with E-state index in [-0.39, 0.29) is 5.56 Å². The molecule has 1 heterocycles. The number of carbonyl (C=O) groups excluding carboxylic acids is 1. The fourth-order valence-corrected chi connectivity index (χ4v) is 3.90. The normalized spacial score (nSPS) is 11.9. The standard InChI is InChI=1S/C9H7Br2NO5S/c10-5-1-3(7(11)18-5)8(15)12-4(9(16)17)2-6(13)14/h1,4H,2H2,(H,12,15)(H,13,14)(H,16,17)/t4-/m1/s1. The maximum atomic E-state index is 11.8. The van der Waals surface area contributed by atoms with Crippen LogP contribution < -0.4 is 5.32 Å². The van der Waals surface area contributed by atoms with Crippen molar-refractivity contribution >= 4 is 61.0 Å². The number of amides is 1. The number of halogens is 2. The zero-order valence-electron chi connectivity index (χ0n) is 8.65. The van der Waals surface area contributed by atoms with Gasteiger partial charge < -0.3 is 15.5 Å². The van der Waals surface area contributed by atoms with Crippen molar-refractivity contribution in [2.45, 2.75) is 12.5 Å². The average molecular weight is 401 g/mol. The van der Waals surface area contributed by atoms with Crippen LogP contribution >= 0.6 is 43.2 Å². The maximum Gasteiger partial charge on any atom is 0.326 e. The lowest BCUT2D eigenvalue weighted by atomic mass is 10.2. The smallest absolute Gasteiger partial charge is 0.326 e. The SMILES string of the molecule is O=C(O)C[C@@H](NC(=O)c1cc(Br)sc1Br)C(=O)O. The van der Waals surface area contributed by atoms with Crippen LogP contribution in [0.4, 0.5) is 0 Å². The predicted octanol–water partition coefficient (Wildman–Crippen LogP) is 1.93. The summed E-state index contributed by atoms with van der Waals surface area (Å²) in [5, 5.41) is 19.5. The van der Waals surface area contributed by atoms with Crippen LogP contribution in [0.3, 0.4) is 0 Å². The van der Waals surface area contributed by atoms with E-state index in [4.69, 9.17) is 10.2 Å². The molecule has 0 spiro atoms. The van der Waals surface area contributed by atoms with Gasteiger partial charge in [-0.1, -0.05) is 0 Å². The van der Waals surface area contributed by atoms with Gasteiger partial charge in [0.05, 0.1) is 19.6 Å². The molecule has 6 nitrogen and oxygen atoms in total. The molecule has 18 heavy (non-hydrogen) atoms. The van der Waals surface area contributed by atoms with Crippen LogP contribution in [0.1, 0.15) is 16.8 Å². The number of thiophene rings is 1. The van der Waals surface area contributed by atoms with Gasteiger partial charge >= 0.3 is 11.9 Å².